The average molecular weight is 205 g/mol. The highest BCUT2D eigenvalue weighted by Gasteiger charge is 2.21. The molecule has 4 nitrogen and oxygen atoms in total. The van der Waals surface area contributed by atoms with Gasteiger partial charge in [0.1, 0.15) is 11.1 Å². The van der Waals surface area contributed by atoms with Crippen LogP contribution >= 0.6 is 0 Å². The second kappa shape index (κ2) is 3.15. The van der Waals surface area contributed by atoms with Crippen molar-refractivity contribution in [3.63, 3.8) is 0 Å². The first kappa shape index (κ1) is 8.59. The van der Waals surface area contributed by atoms with Crippen molar-refractivity contribution in [2.45, 2.75) is 25.4 Å². The summed E-state index contributed by atoms with van der Waals surface area (Å²) in [6, 6.07) is 5.39. The van der Waals surface area contributed by atoms with Crippen LogP contribution in [0.2, 0.25) is 0 Å². The molecule has 1 saturated carbocycles. The number of rotatable bonds is 2. The molecule has 0 spiro atoms. The molecule has 2 aromatic rings. The van der Waals surface area contributed by atoms with E-state index in [1.54, 1.807) is 6.07 Å². The van der Waals surface area contributed by atoms with E-state index in [9.17, 15) is 4.79 Å². The van der Waals surface area contributed by atoms with Crippen molar-refractivity contribution in [2.24, 2.45) is 0 Å². The Kier molecular flexibility index (Phi) is 1.80. The summed E-state index contributed by atoms with van der Waals surface area (Å²) in [4.78, 5) is 11.5. The van der Waals surface area contributed by atoms with Gasteiger partial charge in [0.25, 0.3) is 5.56 Å². The van der Waals surface area contributed by atoms with Crippen LogP contribution in [0, 0.1) is 0 Å². The van der Waals surface area contributed by atoms with Crippen molar-refractivity contribution in [2.75, 3.05) is 0 Å². The normalized spacial score (nSPS) is 16.5. The van der Waals surface area contributed by atoms with Crippen LogP contribution in [0.4, 0.5) is 0 Å². The molecule has 0 radical (unpaired) electrons. The van der Waals surface area contributed by atoms with Crippen molar-refractivity contribution in [3.8, 4) is 5.75 Å². The maximum atomic E-state index is 11.5. The van der Waals surface area contributed by atoms with E-state index in [0.717, 1.165) is 12.8 Å². The number of H-pyrrole nitrogens is 1. The number of ether oxygens (including phenoxy) is 1. The largest absolute Gasteiger partial charge is 0.489 e. The Morgan fingerprint density at radius 2 is 2.27 bits per heavy atom. The van der Waals surface area contributed by atoms with Gasteiger partial charge in [-0.1, -0.05) is 6.07 Å². The lowest BCUT2D eigenvalue weighted by atomic mass is 9.96. The summed E-state index contributed by atoms with van der Waals surface area (Å²) in [7, 11) is 0. The van der Waals surface area contributed by atoms with E-state index < -0.39 is 0 Å². The highest BCUT2D eigenvalue weighted by molar-refractivity contribution is 5.82. The Bertz CT molecular complexity index is 536. The Labute approximate surface area is 85.8 Å². The topological polar surface area (TPSA) is 55.2 Å². The van der Waals surface area contributed by atoms with Gasteiger partial charge in [-0.05, 0) is 31.4 Å². The van der Waals surface area contributed by atoms with Crippen LogP contribution in [0.15, 0.2) is 27.5 Å². The summed E-state index contributed by atoms with van der Waals surface area (Å²) in [5.74, 6) is 0.632. The fraction of sp³-hybridized carbons (Fsp3) is 0.364. The van der Waals surface area contributed by atoms with Crippen LogP contribution < -0.4 is 10.3 Å². The molecule has 1 aliphatic rings. The summed E-state index contributed by atoms with van der Waals surface area (Å²) < 4.78 is 10.7. The molecular formula is C11H11NO3. The molecule has 4 heteroatoms. The van der Waals surface area contributed by atoms with Crippen LogP contribution in [0.5, 0.6) is 5.75 Å². The molecule has 0 bridgehead atoms. The van der Waals surface area contributed by atoms with Crippen molar-refractivity contribution < 1.29 is 9.26 Å². The molecule has 1 aliphatic carbocycles. The zero-order chi connectivity index (χ0) is 10.3. The summed E-state index contributed by atoms with van der Waals surface area (Å²) in [6.07, 6.45) is 3.63. The number of nitrogens with one attached hydrogen (secondary N) is 1. The smallest absolute Gasteiger partial charge is 0.291 e. The predicted octanol–water partition coefficient (Wildman–Crippen LogP) is 2.05. The second-order valence-corrected chi connectivity index (χ2v) is 3.83. The summed E-state index contributed by atoms with van der Waals surface area (Å²) in [6.45, 7) is 0. The maximum absolute atomic E-state index is 11.5. The number of aromatic nitrogens is 1. The highest BCUT2D eigenvalue weighted by Crippen LogP contribution is 2.28. The molecule has 1 fully saturated rings. The number of hydrogen-bond acceptors (Lipinski definition) is 3. The monoisotopic (exact) mass is 205 g/mol. The van der Waals surface area contributed by atoms with Crippen molar-refractivity contribution in [1.29, 1.82) is 0 Å². The zero-order valence-corrected chi connectivity index (χ0v) is 8.16. The predicted molar refractivity (Wildman–Crippen MR) is 55.1 cm³/mol. The van der Waals surface area contributed by atoms with Gasteiger partial charge in [-0.25, -0.2) is 0 Å². The van der Waals surface area contributed by atoms with Gasteiger partial charge in [-0.2, -0.15) is 5.16 Å². The molecule has 78 valence electrons. The van der Waals surface area contributed by atoms with E-state index in [4.69, 9.17) is 9.26 Å². The van der Waals surface area contributed by atoms with E-state index in [1.165, 1.54) is 6.42 Å². The Morgan fingerprint density at radius 3 is 3.00 bits per heavy atom. The van der Waals surface area contributed by atoms with Gasteiger partial charge in [0.2, 0.25) is 0 Å². The van der Waals surface area contributed by atoms with Gasteiger partial charge in [0, 0.05) is 0 Å². The Hall–Kier alpha value is -1.71. The third-order valence-corrected chi connectivity index (χ3v) is 2.81. The fourth-order valence-electron chi connectivity index (χ4n) is 1.74. The van der Waals surface area contributed by atoms with Gasteiger partial charge in [0.15, 0.2) is 5.58 Å². The molecule has 1 heterocycles. The number of hydrogen-bond donors (Lipinski definition) is 1. The second-order valence-electron chi connectivity index (χ2n) is 3.83. The molecular weight excluding hydrogens is 194 g/mol. The van der Waals surface area contributed by atoms with Crippen LogP contribution in [-0.4, -0.2) is 11.3 Å². The van der Waals surface area contributed by atoms with Crippen molar-refractivity contribution in [3.05, 3.63) is 28.6 Å². The zero-order valence-electron chi connectivity index (χ0n) is 8.16. The Morgan fingerprint density at radius 1 is 1.40 bits per heavy atom. The van der Waals surface area contributed by atoms with Gasteiger partial charge >= 0.3 is 0 Å². The van der Waals surface area contributed by atoms with E-state index in [-0.39, 0.29) is 11.7 Å². The van der Waals surface area contributed by atoms with Crippen LogP contribution in [0.3, 0.4) is 0 Å². The molecule has 0 saturated heterocycles. The minimum atomic E-state index is -0.222. The fourth-order valence-corrected chi connectivity index (χ4v) is 1.74. The molecule has 3 rings (SSSR count). The standard InChI is InChI=1S/C11H11NO3/c13-11-10-8(14-7-3-1-4-7)5-2-6-9(10)15-12-11/h2,5-7H,1,3-4H2,(H,12,13). The molecule has 15 heavy (non-hydrogen) atoms. The lowest BCUT2D eigenvalue weighted by Gasteiger charge is -2.26. The summed E-state index contributed by atoms with van der Waals surface area (Å²) in [5.41, 5.74) is 0.330. The number of benzene rings is 1. The molecule has 0 amide bonds. The van der Waals surface area contributed by atoms with E-state index in [0.29, 0.717) is 16.7 Å². The first-order valence-corrected chi connectivity index (χ1v) is 5.11. The minimum Gasteiger partial charge on any atom is -0.489 e. The first-order valence-electron chi connectivity index (χ1n) is 5.11. The van der Waals surface area contributed by atoms with Gasteiger partial charge in [-0.15, -0.1) is 0 Å². The van der Waals surface area contributed by atoms with Crippen LogP contribution in [0.1, 0.15) is 19.3 Å². The maximum Gasteiger partial charge on any atom is 0.291 e. The average Bonchev–Trinajstić information content (AvgIpc) is 2.55. The molecule has 1 aromatic carbocycles. The van der Waals surface area contributed by atoms with Crippen LogP contribution in [0.25, 0.3) is 11.0 Å². The van der Waals surface area contributed by atoms with E-state index >= 15 is 0 Å². The van der Waals surface area contributed by atoms with E-state index in [2.05, 4.69) is 5.16 Å². The summed E-state index contributed by atoms with van der Waals surface area (Å²) >= 11 is 0. The molecule has 0 unspecified atom stereocenters. The summed E-state index contributed by atoms with van der Waals surface area (Å²) in [5, 5.41) is 2.83. The highest BCUT2D eigenvalue weighted by atomic mass is 16.5. The van der Waals surface area contributed by atoms with Gasteiger partial charge < -0.3 is 9.26 Å². The SMILES string of the molecule is O=c1[nH]oc2cccc(OC3CCC3)c12. The van der Waals surface area contributed by atoms with Crippen LogP contribution in [-0.2, 0) is 0 Å². The molecule has 1 aromatic heterocycles. The third-order valence-electron chi connectivity index (χ3n) is 2.81. The Balaban J connectivity index is 2.07. The number of aromatic amines is 1. The van der Waals surface area contributed by atoms with Crippen molar-refractivity contribution in [1.82, 2.24) is 5.16 Å². The van der Waals surface area contributed by atoms with Crippen molar-refractivity contribution >= 4 is 11.0 Å². The minimum absolute atomic E-state index is 0.222. The third kappa shape index (κ3) is 1.33. The molecule has 0 aliphatic heterocycles. The molecule has 0 atom stereocenters. The van der Waals surface area contributed by atoms with Gasteiger partial charge in [-0.3, -0.25) is 4.79 Å². The van der Waals surface area contributed by atoms with Gasteiger partial charge in [0.05, 0.1) is 6.10 Å². The lowest BCUT2D eigenvalue weighted by Crippen LogP contribution is -2.24. The quantitative estimate of drug-likeness (QED) is 0.816. The van der Waals surface area contributed by atoms with E-state index in [1.807, 2.05) is 12.1 Å². The first-order chi connectivity index (χ1) is 7.34. The number of fused-ring (bicyclic) bond motifs is 1. The molecule has 1 N–H and O–H groups in total. The lowest BCUT2D eigenvalue weighted by molar-refractivity contribution is 0.122.